The van der Waals surface area contributed by atoms with E-state index in [0.29, 0.717) is 0 Å². The van der Waals surface area contributed by atoms with Gasteiger partial charge in [-0.3, -0.25) is 4.90 Å². The van der Waals surface area contributed by atoms with E-state index < -0.39 is 0 Å². The van der Waals surface area contributed by atoms with Gasteiger partial charge in [0, 0.05) is 23.7 Å². The number of hydrogen-bond acceptors (Lipinski definition) is 2. The third-order valence-electron chi connectivity index (χ3n) is 4.15. The summed E-state index contributed by atoms with van der Waals surface area (Å²) in [5, 5.41) is 0. The van der Waals surface area contributed by atoms with Crippen molar-refractivity contribution in [1.82, 2.24) is 4.90 Å². The second kappa shape index (κ2) is 5.96. The highest BCUT2D eigenvalue weighted by atomic mass is 15.2. The van der Waals surface area contributed by atoms with Gasteiger partial charge in [0.1, 0.15) is 0 Å². The zero-order valence-corrected chi connectivity index (χ0v) is 12.7. The molecule has 0 spiro atoms. The van der Waals surface area contributed by atoms with Crippen LogP contribution < -0.4 is 5.73 Å². The predicted molar refractivity (Wildman–Crippen MR) is 83.4 cm³/mol. The normalized spacial score (nSPS) is 16.0. The number of nitrogen functional groups attached to an aromatic ring is 1. The summed E-state index contributed by atoms with van der Waals surface area (Å²) >= 11 is 0. The average molecular weight is 260 g/mol. The molecule has 0 aliphatic heterocycles. The van der Waals surface area contributed by atoms with Crippen molar-refractivity contribution in [3.63, 3.8) is 0 Å². The van der Waals surface area contributed by atoms with Gasteiger partial charge in [0.2, 0.25) is 0 Å². The number of hydrogen-bond donors (Lipinski definition) is 1. The lowest BCUT2D eigenvalue weighted by molar-refractivity contribution is 0.211. The van der Waals surface area contributed by atoms with Gasteiger partial charge < -0.3 is 5.73 Å². The molecule has 19 heavy (non-hydrogen) atoms. The molecule has 106 valence electrons. The largest absolute Gasteiger partial charge is 0.399 e. The van der Waals surface area contributed by atoms with Crippen LogP contribution >= 0.6 is 0 Å². The summed E-state index contributed by atoms with van der Waals surface area (Å²) < 4.78 is 0. The van der Waals surface area contributed by atoms with E-state index in [9.17, 15) is 0 Å². The van der Waals surface area contributed by atoms with Crippen LogP contribution in [0.15, 0.2) is 24.3 Å². The molecule has 1 aliphatic rings. The highest BCUT2D eigenvalue weighted by Gasteiger charge is 2.33. The molecule has 0 heterocycles. The topological polar surface area (TPSA) is 29.3 Å². The quantitative estimate of drug-likeness (QED) is 0.755. The van der Waals surface area contributed by atoms with Crippen LogP contribution in [-0.2, 0) is 5.41 Å². The maximum absolute atomic E-state index is 5.78. The van der Waals surface area contributed by atoms with Crippen molar-refractivity contribution in [2.24, 2.45) is 0 Å². The van der Waals surface area contributed by atoms with Crippen LogP contribution in [0.5, 0.6) is 0 Å². The van der Waals surface area contributed by atoms with Crippen molar-refractivity contribution in [2.75, 3.05) is 18.8 Å². The maximum Gasteiger partial charge on any atom is 0.0314 e. The molecule has 1 aliphatic carbocycles. The number of nitrogens with two attached hydrogens (primary N) is 1. The third kappa shape index (κ3) is 3.97. The summed E-state index contributed by atoms with van der Waals surface area (Å²) in [4.78, 5) is 2.69. The van der Waals surface area contributed by atoms with Gasteiger partial charge in [-0.2, -0.15) is 0 Å². The number of nitrogens with zero attached hydrogens (tertiary/aromatic N) is 1. The third-order valence-corrected chi connectivity index (χ3v) is 4.15. The van der Waals surface area contributed by atoms with Crippen molar-refractivity contribution >= 4 is 5.69 Å². The van der Waals surface area contributed by atoms with E-state index in [-0.39, 0.29) is 5.41 Å². The number of unbranched alkanes of at least 4 members (excludes halogenated alkanes) is 1. The Labute approximate surface area is 118 Å². The molecule has 1 aromatic carbocycles. The van der Waals surface area contributed by atoms with Crippen molar-refractivity contribution in [2.45, 2.75) is 57.9 Å². The second-order valence-corrected chi connectivity index (χ2v) is 6.56. The molecule has 0 radical (unpaired) electrons. The first-order chi connectivity index (χ1) is 9.03. The Bertz CT molecular complexity index is 390. The highest BCUT2D eigenvalue weighted by Crippen LogP contribution is 2.32. The minimum absolute atomic E-state index is 0.198. The summed E-state index contributed by atoms with van der Waals surface area (Å²) in [7, 11) is 0. The van der Waals surface area contributed by atoms with E-state index >= 15 is 0 Å². The molecule has 1 aromatic rings. The van der Waals surface area contributed by atoms with E-state index in [4.69, 9.17) is 5.73 Å². The molecule has 2 N–H and O–H groups in total. The molecule has 0 bridgehead atoms. The Morgan fingerprint density at radius 3 is 2.37 bits per heavy atom. The Hall–Kier alpha value is -1.02. The molecule has 0 saturated heterocycles. The SMILES string of the molecule is CCCCN(CC(C)(C)c1ccc(N)cc1)C1CC1. The molecule has 0 atom stereocenters. The molecule has 1 fully saturated rings. The maximum atomic E-state index is 5.78. The van der Waals surface area contributed by atoms with Crippen molar-refractivity contribution in [3.8, 4) is 0 Å². The zero-order chi connectivity index (χ0) is 13.9. The molecule has 0 unspecified atom stereocenters. The lowest BCUT2D eigenvalue weighted by Crippen LogP contribution is -2.39. The zero-order valence-electron chi connectivity index (χ0n) is 12.7. The van der Waals surface area contributed by atoms with Crippen LogP contribution in [0, 0.1) is 0 Å². The van der Waals surface area contributed by atoms with Gasteiger partial charge in [-0.15, -0.1) is 0 Å². The Morgan fingerprint density at radius 1 is 1.21 bits per heavy atom. The number of rotatable bonds is 7. The van der Waals surface area contributed by atoms with Gasteiger partial charge in [-0.05, 0) is 43.5 Å². The van der Waals surface area contributed by atoms with Crippen LogP contribution in [0.4, 0.5) is 5.69 Å². The monoisotopic (exact) mass is 260 g/mol. The van der Waals surface area contributed by atoms with Crippen molar-refractivity contribution in [3.05, 3.63) is 29.8 Å². The smallest absolute Gasteiger partial charge is 0.0314 e. The van der Waals surface area contributed by atoms with Gasteiger partial charge >= 0.3 is 0 Å². The minimum Gasteiger partial charge on any atom is -0.399 e. The van der Waals surface area contributed by atoms with Gasteiger partial charge in [0.05, 0.1) is 0 Å². The molecule has 1 saturated carbocycles. The first-order valence-corrected chi connectivity index (χ1v) is 7.63. The van der Waals surface area contributed by atoms with E-state index in [1.54, 1.807) is 0 Å². The van der Waals surface area contributed by atoms with Crippen LogP contribution in [0.3, 0.4) is 0 Å². The van der Waals surface area contributed by atoms with Crippen molar-refractivity contribution < 1.29 is 0 Å². The average Bonchev–Trinajstić information content (AvgIpc) is 3.19. The van der Waals surface area contributed by atoms with E-state index in [1.807, 2.05) is 12.1 Å². The summed E-state index contributed by atoms with van der Waals surface area (Å²) in [6.07, 6.45) is 5.38. The minimum atomic E-state index is 0.198. The lowest BCUT2D eigenvalue weighted by Gasteiger charge is -2.33. The standard InChI is InChI=1S/C17H28N2/c1-4-5-12-19(16-10-11-16)13-17(2,3)14-6-8-15(18)9-7-14/h6-9,16H,4-5,10-13,18H2,1-3H3. The molecular weight excluding hydrogens is 232 g/mol. The summed E-state index contributed by atoms with van der Waals surface area (Å²) in [6.45, 7) is 9.37. The summed E-state index contributed by atoms with van der Waals surface area (Å²) in [5.41, 5.74) is 8.23. The van der Waals surface area contributed by atoms with Crippen LogP contribution in [-0.4, -0.2) is 24.0 Å². The van der Waals surface area contributed by atoms with Crippen molar-refractivity contribution in [1.29, 1.82) is 0 Å². The predicted octanol–water partition coefficient (Wildman–Crippen LogP) is 3.81. The lowest BCUT2D eigenvalue weighted by atomic mass is 9.84. The highest BCUT2D eigenvalue weighted by molar-refractivity contribution is 5.41. The van der Waals surface area contributed by atoms with Gasteiger partial charge in [-0.25, -0.2) is 0 Å². The Kier molecular flexibility index (Phi) is 4.51. The molecule has 0 amide bonds. The van der Waals surface area contributed by atoms with Crippen LogP contribution in [0.1, 0.15) is 52.0 Å². The van der Waals surface area contributed by atoms with Crippen LogP contribution in [0.25, 0.3) is 0 Å². The summed E-state index contributed by atoms with van der Waals surface area (Å²) in [6, 6.07) is 9.25. The molecule has 2 rings (SSSR count). The first-order valence-electron chi connectivity index (χ1n) is 7.63. The molecule has 0 aromatic heterocycles. The Balaban J connectivity index is 2.03. The van der Waals surface area contributed by atoms with E-state index in [0.717, 1.165) is 18.3 Å². The second-order valence-electron chi connectivity index (χ2n) is 6.56. The fraction of sp³-hybridized carbons (Fsp3) is 0.647. The van der Waals surface area contributed by atoms with Gasteiger partial charge in [0.15, 0.2) is 0 Å². The molecular formula is C17H28N2. The fourth-order valence-electron chi connectivity index (χ4n) is 2.72. The number of benzene rings is 1. The van der Waals surface area contributed by atoms with Gasteiger partial charge in [0.25, 0.3) is 0 Å². The fourth-order valence-corrected chi connectivity index (χ4v) is 2.72. The van der Waals surface area contributed by atoms with E-state index in [2.05, 4.69) is 37.8 Å². The molecule has 2 nitrogen and oxygen atoms in total. The van der Waals surface area contributed by atoms with Gasteiger partial charge in [-0.1, -0.05) is 39.3 Å². The van der Waals surface area contributed by atoms with Crippen LogP contribution in [0.2, 0.25) is 0 Å². The summed E-state index contributed by atoms with van der Waals surface area (Å²) in [5.74, 6) is 0. The molecule has 2 heteroatoms. The number of anilines is 1. The van der Waals surface area contributed by atoms with E-state index in [1.165, 1.54) is 37.8 Å². The first kappa shape index (κ1) is 14.4. The Morgan fingerprint density at radius 2 is 1.84 bits per heavy atom.